The molecule has 0 radical (unpaired) electrons. The number of anilines is 4. The number of non-ortho nitro benzene ring substituents is 2. The first-order chi connectivity index (χ1) is 38.5. The van der Waals surface area contributed by atoms with Crippen molar-refractivity contribution in [3.8, 4) is 44.8 Å². The largest absolute Gasteiger partial charge is 0.368 e. The molecular weight excluding hydrogens is 1210 g/mol. The summed E-state index contributed by atoms with van der Waals surface area (Å²) in [6, 6.07) is 38.3. The van der Waals surface area contributed by atoms with E-state index in [2.05, 4.69) is 73.6 Å². The van der Waals surface area contributed by atoms with Gasteiger partial charge in [-0.2, -0.15) is 0 Å². The molecule has 0 aliphatic carbocycles. The van der Waals surface area contributed by atoms with E-state index < -0.39 is 20.6 Å². The van der Waals surface area contributed by atoms with Crippen molar-refractivity contribution in [3.63, 3.8) is 0 Å². The van der Waals surface area contributed by atoms with Crippen LogP contribution in [0.25, 0.3) is 44.8 Å². The Bertz CT molecular complexity index is 3750. The summed E-state index contributed by atoms with van der Waals surface area (Å²) in [5.74, 6) is -0.732. The molecule has 2 aromatic heterocycles. The Morgan fingerprint density at radius 2 is 0.827 bits per heavy atom. The number of hydrogen-bond acceptors (Lipinski definition) is 10. The molecule has 2 aliphatic rings. The van der Waals surface area contributed by atoms with Gasteiger partial charge in [-0.1, -0.05) is 47.5 Å². The average Bonchev–Trinajstić information content (AvgIpc) is 4.00. The molecule has 4 heterocycles. The van der Waals surface area contributed by atoms with Crippen LogP contribution in [0.5, 0.6) is 0 Å². The van der Waals surface area contributed by atoms with Crippen LogP contribution < -0.4 is 19.6 Å². The number of nitrogens with zero attached hydrogens (tertiary/aromatic N) is 8. The Morgan fingerprint density at radius 1 is 0.494 bits per heavy atom. The number of nitro groups is 2. The van der Waals surface area contributed by atoms with Gasteiger partial charge in [0.1, 0.15) is 11.6 Å². The second-order valence-electron chi connectivity index (χ2n) is 20.9. The van der Waals surface area contributed by atoms with Crippen LogP contribution in [0.3, 0.4) is 0 Å². The van der Waals surface area contributed by atoms with Gasteiger partial charge in [0.2, 0.25) is 0 Å². The molecule has 0 N–H and O–H groups in total. The summed E-state index contributed by atoms with van der Waals surface area (Å²) < 4.78 is 62.4. The van der Waals surface area contributed by atoms with Gasteiger partial charge in [0.15, 0.2) is 9.84 Å². The van der Waals surface area contributed by atoms with Gasteiger partial charge >= 0.3 is 0 Å². The molecule has 0 atom stereocenters. The highest BCUT2D eigenvalue weighted by Crippen LogP contribution is 2.46. The van der Waals surface area contributed by atoms with Gasteiger partial charge in [-0.25, -0.2) is 17.2 Å². The second kappa shape index (κ2) is 24.2. The van der Waals surface area contributed by atoms with Gasteiger partial charge in [0.05, 0.1) is 26.1 Å². The zero-order valence-corrected chi connectivity index (χ0v) is 50.3. The van der Waals surface area contributed by atoms with E-state index in [0.717, 1.165) is 67.4 Å². The third-order valence-corrected chi connectivity index (χ3v) is 18.0. The van der Waals surface area contributed by atoms with E-state index in [4.69, 9.17) is 23.2 Å². The minimum absolute atomic E-state index is 0.0395. The van der Waals surface area contributed by atoms with Gasteiger partial charge < -0.3 is 28.7 Å². The van der Waals surface area contributed by atoms with Crippen LogP contribution in [0.1, 0.15) is 51.2 Å². The van der Waals surface area contributed by atoms with E-state index >= 15 is 8.78 Å². The fraction of sp³-hybridized carbons (Fsp3) is 0.279. The van der Waals surface area contributed by atoms with Crippen molar-refractivity contribution in [3.05, 3.63) is 190 Å². The van der Waals surface area contributed by atoms with Crippen LogP contribution in [0, 0.1) is 49.3 Å². The summed E-state index contributed by atoms with van der Waals surface area (Å²) in [4.78, 5) is 30.0. The average molecular weight is 1270 g/mol. The zero-order chi connectivity index (χ0) is 58.2. The Labute approximate surface area is 494 Å². The molecule has 0 unspecified atom stereocenters. The Kier molecular flexibility index (Phi) is 17.5. The van der Waals surface area contributed by atoms with Gasteiger partial charge in [-0.05, 0) is 171 Å². The summed E-state index contributed by atoms with van der Waals surface area (Å²) >= 11 is 14.8. The first-order valence-corrected chi connectivity index (χ1v) is 30.2. The highest BCUT2D eigenvalue weighted by atomic mass is 127. The van der Waals surface area contributed by atoms with Crippen LogP contribution in [0.15, 0.2) is 138 Å². The number of benzene rings is 6. The molecule has 0 spiro atoms. The van der Waals surface area contributed by atoms with Crippen LogP contribution in [-0.2, 0) is 9.84 Å². The monoisotopic (exact) mass is 1270 g/mol. The highest BCUT2D eigenvalue weighted by Gasteiger charge is 2.31. The SMILES string of the molecule is Cc1c(I)c(-c2cc(F)cc(N3CCN(c4ccc([N+](=O)[O-])cc4)CC3)c2)c(-c2ccc(Cl)cc2)n1C(C)C.Cc1c(S(C)(=O)=O)c(-c2cc(F)cc(N3CCN(c4ccc([N+](=O)[O-])cc4)CC3)c2)c(-c2ccc(Cl)cc2)n1C(C)C. The van der Waals surface area contributed by atoms with Crippen molar-refractivity contribution in [2.24, 2.45) is 0 Å². The molecule has 14 nitrogen and oxygen atoms in total. The molecule has 2 saturated heterocycles. The fourth-order valence-corrected chi connectivity index (χ4v) is 13.5. The summed E-state index contributed by atoms with van der Waals surface area (Å²) in [5.41, 5.74) is 11.6. The summed E-state index contributed by atoms with van der Waals surface area (Å²) in [6.07, 6.45) is 1.19. The van der Waals surface area contributed by atoms with E-state index in [9.17, 15) is 28.6 Å². The molecule has 2 fully saturated rings. The predicted octanol–water partition coefficient (Wildman–Crippen LogP) is 15.5. The maximum Gasteiger partial charge on any atom is 0.269 e. The molecule has 422 valence electrons. The number of nitro benzene ring substituents is 2. The van der Waals surface area contributed by atoms with Crippen LogP contribution in [0.2, 0.25) is 10.0 Å². The predicted molar refractivity (Wildman–Crippen MR) is 332 cm³/mol. The topological polar surface area (TPSA) is 143 Å². The summed E-state index contributed by atoms with van der Waals surface area (Å²) in [7, 11) is -3.69. The number of piperazine rings is 2. The Balaban J connectivity index is 0.000000196. The van der Waals surface area contributed by atoms with Crippen LogP contribution >= 0.6 is 45.8 Å². The maximum atomic E-state index is 15.3. The standard InChI is InChI=1S/C31H32ClFN4O4S.C30H29ClFIN4O2/c1-20(2)36-21(3)31(42(4,40)41)29(30(36)22-5-7-24(32)8-6-22)23-17-25(33)19-28(18-23)35-15-13-34(14-16-35)26-9-11-27(12-10-26)37(38)39;1-19(2)36-20(3)29(33)28(30(36)21-4-6-23(31)7-5-21)22-16-24(32)18-27(17-22)35-14-12-34(13-15-35)25-8-10-26(11-9-25)37(38)39/h5-12,17-20H,13-16H2,1-4H3;4-11,16-19H,12-15H2,1-3H3. The van der Waals surface area contributed by atoms with E-state index in [-0.39, 0.29) is 39.1 Å². The lowest BCUT2D eigenvalue weighted by molar-refractivity contribution is -0.385. The second-order valence-corrected chi connectivity index (χ2v) is 24.8. The van der Waals surface area contributed by atoms with Gasteiger partial charge in [-0.3, -0.25) is 20.2 Å². The smallest absolute Gasteiger partial charge is 0.269 e. The van der Waals surface area contributed by atoms with Gasteiger partial charge in [0.25, 0.3) is 11.4 Å². The normalized spacial score (nSPS) is 14.0. The molecule has 10 rings (SSSR count). The van der Waals surface area contributed by atoms with E-state index in [1.807, 2.05) is 60.9 Å². The van der Waals surface area contributed by atoms with Crippen molar-refractivity contribution in [1.82, 2.24) is 9.13 Å². The van der Waals surface area contributed by atoms with Crippen molar-refractivity contribution in [2.45, 2.75) is 58.5 Å². The number of sulfone groups is 1. The first-order valence-electron chi connectivity index (χ1n) is 26.5. The number of aromatic nitrogens is 2. The Hall–Kier alpha value is -7.00. The lowest BCUT2D eigenvalue weighted by Gasteiger charge is -2.37. The zero-order valence-electron chi connectivity index (χ0n) is 45.8. The summed E-state index contributed by atoms with van der Waals surface area (Å²) in [5, 5.41) is 23.2. The maximum absolute atomic E-state index is 15.3. The molecule has 20 heteroatoms. The molecule has 6 aromatic carbocycles. The molecule has 0 bridgehead atoms. The third kappa shape index (κ3) is 12.6. The molecule has 0 saturated carbocycles. The van der Waals surface area contributed by atoms with Crippen LogP contribution in [0.4, 0.5) is 42.9 Å². The molecular formula is C61H61Cl2F2IN8O6S. The fourth-order valence-electron chi connectivity index (χ4n) is 11.2. The first kappa shape index (κ1) is 58.6. The molecule has 0 amide bonds. The lowest BCUT2D eigenvalue weighted by Crippen LogP contribution is -2.46. The van der Waals surface area contributed by atoms with Crippen molar-refractivity contribution >= 4 is 89.8 Å². The quantitative estimate of drug-likeness (QED) is 0.0622. The van der Waals surface area contributed by atoms with Crippen molar-refractivity contribution in [2.75, 3.05) is 78.2 Å². The van der Waals surface area contributed by atoms with Gasteiger partial charge in [0, 0.05) is 154 Å². The minimum atomic E-state index is -3.69. The van der Waals surface area contributed by atoms with E-state index in [1.54, 1.807) is 55.5 Å². The molecule has 2 aliphatic heterocycles. The number of hydrogen-bond donors (Lipinski definition) is 0. The third-order valence-electron chi connectivity index (χ3n) is 14.9. The van der Waals surface area contributed by atoms with Crippen molar-refractivity contribution < 1.29 is 27.0 Å². The highest BCUT2D eigenvalue weighted by molar-refractivity contribution is 14.1. The molecule has 8 aromatic rings. The van der Waals surface area contributed by atoms with Crippen LogP contribution in [-0.4, -0.2) is 86.0 Å². The molecule has 81 heavy (non-hydrogen) atoms. The van der Waals surface area contributed by atoms with E-state index in [0.29, 0.717) is 77.5 Å². The van der Waals surface area contributed by atoms with Gasteiger partial charge in [-0.15, -0.1) is 0 Å². The Morgan fingerprint density at radius 3 is 1.17 bits per heavy atom. The lowest BCUT2D eigenvalue weighted by atomic mass is 9.99. The van der Waals surface area contributed by atoms with Crippen molar-refractivity contribution in [1.29, 1.82) is 0 Å². The number of halogens is 5. The van der Waals surface area contributed by atoms with E-state index in [1.165, 1.54) is 42.7 Å². The summed E-state index contributed by atoms with van der Waals surface area (Å²) in [6.45, 7) is 17.6. The number of rotatable bonds is 13. The minimum Gasteiger partial charge on any atom is -0.368 e.